The second-order valence-electron chi connectivity index (χ2n) is 4.90. The maximum absolute atomic E-state index is 10.7. The summed E-state index contributed by atoms with van der Waals surface area (Å²) in [5.74, 6) is -0.414. The Bertz CT molecular complexity index is 602. The molecule has 0 saturated heterocycles. The van der Waals surface area contributed by atoms with Gasteiger partial charge >= 0.3 is 5.97 Å². The lowest BCUT2D eigenvalue weighted by Gasteiger charge is -2.12. The molecule has 0 radical (unpaired) electrons. The molecule has 0 amide bonds. The zero-order valence-corrected chi connectivity index (χ0v) is 13.4. The lowest BCUT2D eigenvalue weighted by atomic mass is 10.1. The molecule has 0 aromatic carbocycles. The summed E-state index contributed by atoms with van der Waals surface area (Å²) in [6.07, 6.45) is 1.86. The molecular formula is C14H18N2O2S2. The summed E-state index contributed by atoms with van der Waals surface area (Å²) < 4.78 is 2.13. The fraction of sp³-hybridized carbons (Fsp3) is 0.429. The van der Waals surface area contributed by atoms with Crippen LogP contribution in [-0.2, 0) is 11.3 Å². The molecule has 4 nitrogen and oxygen atoms in total. The summed E-state index contributed by atoms with van der Waals surface area (Å²) in [6.45, 7) is 7.09. The van der Waals surface area contributed by atoms with Crippen molar-refractivity contribution in [3.63, 3.8) is 0 Å². The average Bonchev–Trinajstić information content (AvgIpc) is 2.94. The van der Waals surface area contributed by atoms with E-state index in [2.05, 4.69) is 42.5 Å². The quantitative estimate of drug-likeness (QED) is 0.828. The maximum atomic E-state index is 10.7. The van der Waals surface area contributed by atoms with Crippen LogP contribution in [0.3, 0.4) is 0 Å². The van der Waals surface area contributed by atoms with Gasteiger partial charge in [-0.1, -0.05) is 25.6 Å². The van der Waals surface area contributed by atoms with Gasteiger partial charge in [0.2, 0.25) is 0 Å². The number of thiophene rings is 1. The van der Waals surface area contributed by atoms with E-state index in [-0.39, 0.29) is 5.75 Å². The van der Waals surface area contributed by atoms with Gasteiger partial charge in [-0.15, -0.1) is 11.3 Å². The van der Waals surface area contributed by atoms with Crippen LogP contribution in [0.25, 0.3) is 0 Å². The van der Waals surface area contributed by atoms with Crippen molar-refractivity contribution in [3.8, 4) is 0 Å². The number of aryl methyl sites for hydroxylation is 1. The Morgan fingerprint density at radius 3 is 2.80 bits per heavy atom. The first-order valence-corrected chi connectivity index (χ1v) is 8.23. The second kappa shape index (κ2) is 6.45. The first-order chi connectivity index (χ1) is 9.47. The summed E-state index contributed by atoms with van der Waals surface area (Å²) in [6, 6.07) is 4.23. The van der Waals surface area contributed by atoms with E-state index in [1.54, 1.807) is 11.3 Å². The summed E-state index contributed by atoms with van der Waals surface area (Å²) in [4.78, 5) is 17.7. The van der Waals surface area contributed by atoms with Crippen molar-refractivity contribution in [1.29, 1.82) is 0 Å². The average molecular weight is 310 g/mol. The van der Waals surface area contributed by atoms with Gasteiger partial charge in [-0.05, 0) is 25.0 Å². The molecule has 20 heavy (non-hydrogen) atoms. The molecule has 1 N–H and O–H groups in total. The predicted octanol–water partition coefficient (Wildman–Crippen LogP) is 3.60. The maximum Gasteiger partial charge on any atom is 0.313 e. The number of rotatable bonds is 6. The summed E-state index contributed by atoms with van der Waals surface area (Å²) >= 11 is 3.04. The number of carboxylic acid groups (broad SMARTS) is 1. The van der Waals surface area contributed by atoms with Crippen LogP contribution >= 0.6 is 23.1 Å². The Morgan fingerprint density at radius 2 is 2.25 bits per heavy atom. The number of aliphatic carboxylic acids is 1. The molecule has 0 aliphatic heterocycles. The zero-order chi connectivity index (χ0) is 14.7. The van der Waals surface area contributed by atoms with Crippen LogP contribution in [0.4, 0.5) is 0 Å². The van der Waals surface area contributed by atoms with E-state index in [1.807, 2.05) is 6.20 Å². The first-order valence-electron chi connectivity index (χ1n) is 6.42. The van der Waals surface area contributed by atoms with Crippen molar-refractivity contribution in [1.82, 2.24) is 9.55 Å². The van der Waals surface area contributed by atoms with E-state index in [9.17, 15) is 4.79 Å². The normalized spacial score (nSPS) is 11.2. The monoisotopic (exact) mass is 310 g/mol. The number of hydrogen-bond acceptors (Lipinski definition) is 4. The van der Waals surface area contributed by atoms with E-state index in [0.717, 1.165) is 17.4 Å². The van der Waals surface area contributed by atoms with Crippen LogP contribution in [0, 0.1) is 6.92 Å². The Kier molecular flexibility index (Phi) is 4.88. The fourth-order valence-electron chi connectivity index (χ4n) is 1.96. The summed E-state index contributed by atoms with van der Waals surface area (Å²) in [5, 5.41) is 9.60. The third-order valence-electron chi connectivity index (χ3n) is 2.88. The van der Waals surface area contributed by atoms with Crippen molar-refractivity contribution in [2.45, 2.75) is 38.4 Å². The van der Waals surface area contributed by atoms with Gasteiger partial charge < -0.3 is 9.67 Å². The Hall–Kier alpha value is -1.27. The molecule has 0 aliphatic carbocycles. The van der Waals surface area contributed by atoms with E-state index < -0.39 is 5.97 Å². The molecule has 6 heteroatoms. The highest BCUT2D eigenvalue weighted by molar-refractivity contribution is 7.99. The lowest BCUT2D eigenvalue weighted by Crippen LogP contribution is -2.07. The number of nitrogens with zero attached hydrogens (tertiary/aromatic N) is 2. The molecule has 0 bridgehead atoms. The van der Waals surface area contributed by atoms with Crippen LogP contribution in [-0.4, -0.2) is 26.4 Å². The highest BCUT2D eigenvalue weighted by Gasteiger charge is 2.15. The largest absolute Gasteiger partial charge is 0.481 e. The summed E-state index contributed by atoms with van der Waals surface area (Å²) in [5.41, 5.74) is 1.14. The van der Waals surface area contributed by atoms with Gasteiger partial charge in [0.25, 0.3) is 0 Å². The van der Waals surface area contributed by atoms with Gasteiger partial charge in [0, 0.05) is 21.6 Å². The van der Waals surface area contributed by atoms with Crippen molar-refractivity contribution in [3.05, 3.63) is 33.8 Å². The minimum Gasteiger partial charge on any atom is -0.481 e. The van der Waals surface area contributed by atoms with E-state index in [4.69, 9.17) is 5.11 Å². The van der Waals surface area contributed by atoms with Gasteiger partial charge in [-0.25, -0.2) is 4.98 Å². The molecule has 108 valence electrons. The standard InChI is InChI=1S/C14H18N2O2S2/c1-9(2)12-6-15-14(19-8-13(17)18)16(12)7-11-5-4-10(3)20-11/h4-6,9H,7-8H2,1-3H3,(H,17,18). The molecule has 2 rings (SSSR count). The topological polar surface area (TPSA) is 55.1 Å². The van der Waals surface area contributed by atoms with Crippen molar-refractivity contribution in [2.24, 2.45) is 0 Å². The first kappa shape index (κ1) is 15.1. The molecule has 2 aromatic heterocycles. The Balaban J connectivity index is 2.26. The van der Waals surface area contributed by atoms with Gasteiger partial charge in [-0.2, -0.15) is 0 Å². The Morgan fingerprint density at radius 1 is 1.50 bits per heavy atom. The van der Waals surface area contributed by atoms with Crippen LogP contribution in [0.5, 0.6) is 0 Å². The lowest BCUT2D eigenvalue weighted by molar-refractivity contribution is -0.133. The molecule has 0 saturated carbocycles. The highest BCUT2D eigenvalue weighted by Crippen LogP contribution is 2.26. The number of carbonyl (C=O) groups is 1. The van der Waals surface area contributed by atoms with Gasteiger partial charge in [0.05, 0.1) is 12.3 Å². The van der Waals surface area contributed by atoms with E-state index in [1.165, 1.54) is 21.5 Å². The number of imidazole rings is 1. The number of carboxylic acids is 1. The molecule has 0 spiro atoms. The van der Waals surface area contributed by atoms with Crippen LogP contribution in [0.2, 0.25) is 0 Å². The molecule has 0 fully saturated rings. The van der Waals surface area contributed by atoms with Crippen molar-refractivity contribution in [2.75, 3.05) is 5.75 Å². The number of aromatic nitrogens is 2. The van der Waals surface area contributed by atoms with E-state index in [0.29, 0.717) is 5.92 Å². The van der Waals surface area contributed by atoms with Crippen molar-refractivity contribution >= 4 is 29.1 Å². The zero-order valence-electron chi connectivity index (χ0n) is 11.8. The smallest absolute Gasteiger partial charge is 0.313 e. The van der Waals surface area contributed by atoms with Crippen LogP contribution < -0.4 is 0 Å². The minimum atomic E-state index is -0.817. The molecular weight excluding hydrogens is 292 g/mol. The van der Waals surface area contributed by atoms with Crippen molar-refractivity contribution < 1.29 is 9.90 Å². The molecule has 0 aliphatic rings. The SMILES string of the molecule is Cc1ccc(Cn2c(C(C)C)cnc2SCC(=O)O)s1. The number of hydrogen-bond donors (Lipinski definition) is 1. The predicted molar refractivity (Wildman–Crippen MR) is 82.8 cm³/mol. The fourth-order valence-corrected chi connectivity index (χ4v) is 3.54. The molecule has 0 unspecified atom stereocenters. The second-order valence-corrected chi connectivity index (χ2v) is 7.22. The van der Waals surface area contributed by atoms with E-state index >= 15 is 0 Å². The third-order valence-corrected chi connectivity index (χ3v) is 4.84. The molecule has 2 aromatic rings. The summed E-state index contributed by atoms with van der Waals surface area (Å²) in [7, 11) is 0. The minimum absolute atomic E-state index is 0.0397. The van der Waals surface area contributed by atoms with Gasteiger partial charge in [-0.3, -0.25) is 4.79 Å². The van der Waals surface area contributed by atoms with Crippen LogP contribution in [0.1, 0.15) is 35.2 Å². The van der Waals surface area contributed by atoms with Gasteiger partial charge in [0.15, 0.2) is 5.16 Å². The Labute approximate surface area is 126 Å². The molecule has 2 heterocycles. The number of thioether (sulfide) groups is 1. The third kappa shape index (κ3) is 3.64. The van der Waals surface area contributed by atoms with Gasteiger partial charge in [0.1, 0.15) is 0 Å². The molecule has 0 atom stereocenters. The van der Waals surface area contributed by atoms with Crippen LogP contribution in [0.15, 0.2) is 23.5 Å². The highest BCUT2D eigenvalue weighted by atomic mass is 32.2.